The van der Waals surface area contributed by atoms with Crippen molar-refractivity contribution in [3.8, 4) is 23.4 Å². The zero-order valence-corrected chi connectivity index (χ0v) is 19.0. The maximum atomic E-state index is 14.0. The summed E-state index contributed by atoms with van der Waals surface area (Å²) in [5.41, 5.74) is 8.94. The van der Waals surface area contributed by atoms with Crippen molar-refractivity contribution in [1.82, 2.24) is 10.2 Å². The van der Waals surface area contributed by atoms with E-state index in [-0.39, 0.29) is 23.9 Å². The standard InChI is InChI=1S/C23H20BrFN4O3/c1-3-30-18-9-14(8-16(24)21(18)31-11-13-6-4-5-7-17(13)25)20-15(10-26)22(27)32-23-19(20)12(2)28-29-23/h4-9,20H,3,11,27H2,1-2H3,(H,28,29)/t20-/m0/s1. The Morgan fingerprint density at radius 1 is 1.31 bits per heavy atom. The number of hydrogen-bond acceptors (Lipinski definition) is 6. The van der Waals surface area contributed by atoms with Crippen molar-refractivity contribution in [3.05, 3.63) is 80.5 Å². The third-order valence-corrected chi connectivity index (χ3v) is 5.71. The molecule has 1 atom stereocenters. The van der Waals surface area contributed by atoms with E-state index in [1.165, 1.54) is 6.07 Å². The molecule has 1 aliphatic rings. The quantitative estimate of drug-likeness (QED) is 0.504. The van der Waals surface area contributed by atoms with Crippen LogP contribution in [0.4, 0.5) is 4.39 Å². The average molecular weight is 499 g/mol. The lowest BCUT2D eigenvalue weighted by molar-refractivity contribution is 0.264. The minimum atomic E-state index is -0.501. The Labute approximate surface area is 192 Å². The first-order valence-corrected chi connectivity index (χ1v) is 10.7. The second-order valence-corrected chi connectivity index (χ2v) is 7.99. The summed E-state index contributed by atoms with van der Waals surface area (Å²) in [6.07, 6.45) is 0. The molecule has 0 aliphatic carbocycles. The number of hydrogen-bond donors (Lipinski definition) is 2. The van der Waals surface area contributed by atoms with Gasteiger partial charge in [-0.3, -0.25) is 5.10 Å². The van der Waals surface area contributed by atoms with Gasteiger partial charge in [0.05, 0.1) is 17.0 Å². The molecular weight excluding hydrogens is 479 g/mol. The van der Waals surface area contributed by atoms with Gasteiger partial charge in [0.2, 0.25) is 11.8 Å². The number of fused-ring (bicyclic) bond motifs is 1. The van der Waals surface area contributed by atoms with E-state index >= 15 is 0 Å². The molecule has 2 aromatic carbocycles. The number of benzene rings is 2. The Morgan fingerprint density at radius 3 is 2.81 bits per heavy atom. The van der Waals surface area contributed by atoms with Crippen molar-refractivity contribution in [1.29, 1.82) is 5.26 Å². The van der Waals surface area contributed by atoms with Crippen LogP contribution in [0.25, 0.3) is 0 Å². The SMILES string of the molecule is CCOc1cc([C@H]2C(C#N)=C(N)Oc3n[nH]c(C)c32)cc(Br)c1OCc1ccccc1F. The number of halogens is 2. The fourth-order valence-electron chi connectivity index (χ4n) is 3.65. The second-order valence-electron chi connectivity index (χ2n) is 7.14. The lowest BCUT2D eigenvalue weighted by atomic mass is 9.84. The van der Waals surface area contributed by atoms with Crippen LogP contribution in [0.15, 0.2) is 52.3 Å². The molecule has 1 aliphatic heterocycles. The molecule has 3 N–H and O–H groups in total. The zero-order valence-electron chi connectivity index (χ0n) is 17.4. The fourth-order valence-corrected chi connectivity index (χ4v) is 4.23. The molecule has 164 valence electrons. The number of nitrogens with two attached hydrogens (primary N) is 1. The van der Waals surface area contributed by atoms with Crippen LogP contribution in [0.5, 0.6) is 17.4 Å². The van der Waals surface area contributed by atoms with Gasteiger partial charge in [-0.15, -0.1) is 5.10 Å². The third-order valence-electron chi connectivity index (χ3n) is 5.12. The molecule has 9 heteroatoms. The lowest BCUT2D eigenvalue weighted by Gasteiger charge is -2.25. The number of aromatic amines is 1. The van der Waals surface area contributed by atoms with Crippen LogP contribution in [0.2, 0.25) is 0 Å². The van der Waals surface area contributed by atoms with Gasteiger partial charge in [0.15, 0.2) is 11.5 Å². The highest BCUT2D eigenvalue weighted by molar-refractivity contribution is 9.10. The molecule has 3 aromatic rings. The number of nitriles is 1. The average Bonchev–Trinajstić information content (AvgIpc) is 3.13. The van der Waals surface area contributed by atoms with Crippen LogP contribution in [-0.2, 0) is 6.61 Å². The Bertz CT molecular complexity index is 1250. The van der Waals surface area contributed by atoms with E-state index in [0.717, 1.165) is 16.8 Å². The third kappa shape index (κ3) is 3.89. The summed E-state index contributed by atoms with van der Waals surface area (Å²) in [6, 6.07) is 12.2. The number of aromatic nitrogens is 2. The van der Waals surface area contributed by atoms with Gasteiger partial charge in [-0.2, -0.15) is 5.26 Å². The Kier molecular flexibility index (Phi) is 6.06. The fraction of sp³-hybridized carbons (Fsp3) is 0.217. The molecule has 4 rings (SSSR count). The minimum absolute atomic E-state index is 0.00506. The van der Waals surface area contributed by atoms with Crippen molar-refractivity contribution in [2.45, 2.75) is 26.4 Å². The predicted octanol–water partition coefficient (Wildman–Crippen LogP) is 4.82. The van der Waals surface area contributed by atoms with Crippen molar-refractivity contribution < 1.29 is 18.6 Å². The van der Waals surface area contributed by atoms with E-state index in [1.54, 1.807) is 24.3 Å². The van der Waals surface area contributed by atoms with Crippen LogP contribution in [0.1, 0.15) is 35.2 Å². The summed E-state index contributed by atoms with van der Waals surface area (Å²) >= 11 is 3.55. The number of nitrogens with one attached hydrogen (secondary N) is 1. The molecule has 1 aromatic heterocycles. The summed E-state index contributed by atoms with van der Waals surface area (Å²) < 4.78 is 31.9. The number of aryl methyl sites for hydroxylation is 1. The normalized spacial score (nSPS) is 15.0. The van der Waals surface area contributed by atoms with Crippen LogP contribution < -0.4 is 19.9 Å². The Hall–Kier alpha value is -3.51. The highest BCUT2D eigenvalue weighted by Crippen LogP contribution is 2.46. The molecule has 0 amide bonds. The maximum Gasteiger partial charge on any atom is 0.244 e. The number of ether oxygens (including phenoxy) is 3. The largest absolute Gasteiger partial charge is 0.490 e. The van der Waals surface area contributed by atoms with E-state index < -0.39 is 5.92 Å². The summed E-state index contributed by atoms with van der Waals surface area (Å²) in [6.45, 7) is 4.12. The number of rotatable bonds is 6. The van der Waals surface area contributed by atoms with E-state index in [9.17, 15) is 9.65 Å². The minimum Gasteiger partial charge on any atom is -0.490 e. The van der Waals surface area contributed by atoms with Crippen LogP contribution in [0.3, 0.4) is 0 Å². The maximum absolute atomic E-state index is 14.0. The molecule has 0 bridgehead atoms. The molecule has 0 radical (unpaired) electrons. The Balaban J connectivity index is 1.77. The van der Waals surface area contributed by atoms with Crippen LogP contribution in [0, 0.1) is 24.1 Å². The van der Waals surface area contributed by atoms with Crippen molar-refractivity contribution in [2.75, 3.05) is 6.61 Å². The van der Waals surface area contributed by atoms with Gasteiger partial charge in [0, 0.05) is 16.8 Å². The molecule has 0 saturated heterocycles. The summed E-state index contributed by atoms with van der Waals surface area (Å²) in [5.74, 6) is 0.383. The van der Waals surface area contributed by atoms with Gasteiger partial charge in [-0.1, -0.05) is 18.2 Å². The van der Waals surface area contributed by atoms with E-state index in [4.69, 9.17) is 19.9 Å². The van der Waals surface area contributed by atoms with Gasteiger partial charge in [0.25, 0.3) is 0 Å². The van der Waals surface area contributed by atoms with Crippen LogP contribution >= 0.6 is 15.9 Å². The molecule has 2 heterocycles. The lowest BCUT2D eigenvalue weighted by Crippen LogP contribution is -2.21. The topological polar surface area (TPSA) is 106 Å². The summed E-state index contributed by atoms with van der Waals surface area (Å²) in [7, 11) is 0. The highest BCUT2D eigenvalue weighted by Gasteiger charge is 2.35. The van der Waals surface area contributed by atoms with Crippen LogP contribution in [-0.4, -0.2) is 16.8 Å². The van der Waals surface area contributed by atoms with Gasteiger partial charge in [0.1, 0.15) is 24.1 Å². The van der Waals surface area contributed by atoms with Crippen molar-refractivity contribution in [2.24, 2.45) is 5.73 Å². The Morgan fingerprint density at radius 2 is 2.09 bits per heavy atom. The summed E-state index contributed by atoms with van der Waals surface area (Å²) in [4.78, 5) is 0. The first-order chi connectivity index (χ1) is 15.4. The van der Waals surface area contributed by atoms with E-state index in [2.05, 4.69) is 32.2 Å². The number of H-pyrrole nitrogens is 1. The number of nitrogens with zero attached hydrogens (tertiary/aromatic N) is 2. The molecule has 0 spiro atoms. The molecule has 0 unspecified atom stereocenters. The van der Waals surface area contributed by atoms with E-state index in [0.29, 0.717) is 34.0 Å². The van der Waals surface area contributed by atoms with Gasteiger partial charge >= 0.3 is 0 Å². The van der Waals surface area contributed by atoms with Gasteiger partial charge < -0.3 is 19.9 Å². The molecule has 32 heavy (non-hydrogen) atoms. The van der Waals surface area contributed by atoms with E-state index in [1.807, 2.05) is 19.9 Å². The van der Waals surface area contributed by atoms with Crippen molar-refractivity contribution in [3.63, 3.8) is 0 Å². The molecule has 0 saturated carbocycles. The first-order valence-electron chi connectivity index (χ1n) is 9.89. The van der Waals surface area contributed by atoms with Gasteiger partial charge in [-0.25, -0.2) is 4.39 Å². The monoisotopic (exact) mass is 498 g/mol. The first kappa shape index (κ1) is 21.7. The smallest absolute Gasteiger partial charge is 0.244 e. The molecule has 0 fully saturated rings. The zero-order chi connectivity index (χ0) is 22.8. The molecule has 7 nitrogen and oxygen atoms in total. The number of allylic oxidation sites excluding steroid dienone is 1. The molecular formula is C23H20BrFN4O3. The highest BCUT2D eigenvalue weighted by atomic mass is 79.9. The van der Waals surface area contributed by atoms with Gasteiger partial charge in [-0.05, 0) is 53.5 Å². The summed E-state index contributed by atoms with van der Waals surface area (Å²) in [5, 5.41) is 16.8. The predicted molar refractivity (Wildman–Crippen MR) is 119 cm³/mol. The second kappa shape index (κ2) is 8.93. The van der Waals surface area contributed by atoms with Crippen molar-refractivity contribution >= 4 is 15.9 Å².